The number of aromatic amines is 2. The lowest BCUT2D eigenvalue weighted by atomic mass is 10.1. The van der Waals surface area contributed by atoms with Gasteiger partial charge in [0.15, 0.2) is 0 Å². The van der Waals surface area contributed by atoms with Crippen molar-refractivity contribution in [3.8, 4) is 5.69 Å². The van der Waals surface area contributed by atoms with Crippen molar-refractivity contribution in [1.82, 2.24) is 33.9 Å². The van der Waals surface area contributed by atoms with Gasteiger partial charge in [-0.05, 0) is 143 Å². The minimum absolute atomic E-state index is 0.266. The van der Waals surface area contributed by atoms with E-state index in [0.29, 0.717) is 19.4 Å². The van der Waals surface area contributed by atoms with E-state index in [1.54, 1.807) is 11.0 Å². The molecule has 0 saturated carbocycles. The second-order valence-electron chi connectivity index (χ2n) is 16.2. The van der Waals surface area contributed by atoms with Gasteiger partial charge in [0.05, 0.1) is 19.0 Å². The minimum atomic E-state index is -0.301. The molecule has 0 aliphatic carbocycles. The van der Waals surface area contributed by atoms with Gasteiger partial charge in [0.25, 0.3) is 0 Å². The standard InChI is InChI=1S/C17H15FN4.C15H13FIN.C12H8IN.C12H9N/c18-8-3-9-21-16-5-2-1-4-14(16)15-10-13(6-7-17(15)21)22-12-19-11-20-22;16-8-3-9-18-14-5-2-1-4-12(14)13-10-11(17)6-7-15(13)18;13-8-5-6-12-10(7-8)9-3-1-2-4-11(9)14-12;1-3-7-11-9(5-1)10-6-2-4-8-12(10)13-11/h1-2,4-7,10-12H,3,8-9H2;1-2,4-7,10H,3,8-9H2;1-7,14H;1-8,13H. The van der Waals surface area contributed by atoms with Gasteiger partial charge in [-0.15, -0.1) is 0 Å². The Morgan fingerprint density at radius 2 is 0.836 bits per heavy atom. The van der Waals surface area contributed by atoms with Crippen LogP contribution in [0.25, 0.3) is 92.9 Å². The molecule has 8 aromatic carbocycles. The summed E-state index contributed by atoms with van der Waals surface area (Å²) in [6.45, 7) is 0.855. The number of aryl methyl sites for hydroxylation is 2. The molecule has 0 saturated heterocycles. The average Bonchev–Trinajstić information content (AvgIpc) is 4.22. The topological polar surface area (TPSA) is 72.2 Å². The number of fused-ring (bicyclic) bond motifs is 12. The Hall–Kier alpha value is -6.58. The largest absolute Gasteiger partial charge is 0.355 e. The van der Waals surface area contributed by atoms with Gasteiger partial charge in [0.2, 0.25) is 0 Å². The van der Waals surface area contributed by atoms with E-state index >= 15 is 0 Å². The van der Waals surface area contributed by atoms with Crippen LogP contribution >= 0.6 is 45.2 Å². The summed E-state index contributed by atoms with van der Waals surface area (Å²) in [6, 6.07) is 60.9. The van der Waals surface area contributed by atoms with Gasteiger partial charge in [-0.25, -0.2) is 9.67 Å². The van der Waals surface area contributed by atoms with Gasteiger partial charge in [-0.1, -0.05) is 91.0 Å². The van der Waals surface area contributed by atoms with Crippen molar-refractivity contribution in [2.24, 2.45) is 0 Å². The third-order valence-electron chi connectivity index (χ3n) is 12.1. The van der Waals surface area contributed by atoms with Crippen LogP contribution in [0.5, 0.6) is 0 Å². The maximum atomic E-state index is 12.6. The molecule has 13 rings (SSSR count). The number of nitrogens with one attached hydrogen (secondary N) is 2. The first-order valence-corrected chi connectivity index (χ1v) is 24.4. The number of nitrogens with zero attached hydrogens (tertiary/aromatic N) is 5. The Bertz CT molecular complexity index is 3740. The van der Waals surface area contributed by atoms with Crippen molar-refractivity contribution in [2.75, 3.05) is 13.3 Å². The summed E-state index contributed by atoms with van der Waals surface area (Å²) >= 11 is 4.67. The molecule has 0 bridgehead atoms. The van der Waals surface area contributed by atoms with Gasteiger partial charge in [0, 0.05) is 107 Å². The Morgan fingerprint density at radius 1 is 0.418 bits per heavy atom. The van der Waals surface area contributed by atoms with Crippen LogP contribution in [0, 0.1) is 7.14 Å². The molecular formula is C56H45F2I2N7. The number of hydrogen-bond donors (Lipinski definition) is 2. The van der Waals surface area contributed by atoms with E-state index in [-0.39, 0.29) is 13.3 Å². The Kier molecular flexibility index (Phi) is 13.3. The van der Waals surface area contributed by atoms with Crippen molar-refractivity contribution in [1.29, 1.82) is 0 Å². The molecule has 0 aliphatic heterocycles. The van der Waals surface area contributed by atoms with E-state index in [1.807, 2.05) is 24.3 Å². The maximum Gasteiger partial charge on any atom is 0.138 e. The van der Waals surface area contributed by atoms with Crippen LogP contribution in [0.4, 0.5) is 8.78 Å². The zero-order chi connectivity index (χ0) is 45.7. The smallest absolute Gasteiger partial charge is 0.138 e. The number of hydrogen-bond acceptors (Lipinski definition) is 2. The second kappa shape index (κ2) is 20.1. The zero-order valence-corrected chi connectivity index (χ0v) is 40.7. The van der Waals surface area contributed by atoms with Gasteiger partial charge in [-0.3, -0.25) is 8.78 Å². The number of H-pyrrole nitrogens is 2. The highest BCUT2D eigenvalue weighted by molar-refractivity contribution is 14.1. The van der Waals surface area contributed by atoms with Crippen LogP contribution < -0.4 is 0 Å². The highest BCUT2D eigenvalue weighted by Crippen LogP contribution is 2.33. The fraction of sp³-hybridized carbons (Fsp3) is 0.107. The van der Waals surface area contributed by atoms with Crippen molar-refractivity contribution < 1.29 is 8.78 Å². The number of para-hydroxylation sites is 5. The third-order valence-corrected chi connectivity index (χ3v) is 13.4. The molecule has 0 aliphatic rings. The summed E-state index contributed by atoms with van der Waals surface area (Å²) in [5.41, 5.74) is 10.5. The average molecular weight is 1110 g/mol. The van der Waals surface area contributed by atoms with E-state index in [4.69, 9.17) is 0 Å². The lowest BCUT2D eigenvalue weighted by Crippen LogP contribution is -1.99. The number of halogens is 4. The summed E-state index contributed by atoms with van der Waals surface area (Å²) in [5, 5.41) is 14.3. The van der Waals surface area contributed by atoms with Gasteiger partial charge < -0.3 is 19.1 Å². The first kappa shape index (κ1) is 44.3. The molecule has 0 unspecified atom stereocenters. The minimum Gasteiger partial charge on any atom is -0.355 e. The normalized spacial score (nSPS) is 11.3. The number of alkyl halides is 2. The maximum absolute atomic E-state index is 12.6. The van der Waals surface area contributed by atoms with Crippen molar-refractivity contribution in [2.45, 2.75) is 25.9 Å². The Labute approximate surface area is 412 Å². The van der Waals surface area contributed by atoms with Crippen LogP contribution in [0.2, 0.25) is 0 Å². The molecule has 0 atom stereocenters. The van der Waals surface area contributed by atoms with Crippen molar-refractivity contribution in [3.63, 3.8) is 0 Å². The van der Waals surface area contributed by atoms with Crippen LogP contribution in [-0.2, 0) is 13.1 Å². The number of benzene rings is 8. The van der Waals surface area contributed by atoms with Crippen LogP contribution in [0.3, 0.4) is 0 Å². The first-order chi connectivity index (χ1) is 33.0. The van der Waals surface area contributed by atoms with E-state index in [0.717, 1.165) is 28.7 Å². The van der Waals surface area contributed by atoms with Gasteiger partial charge in [0.1, 0.15) is 12.7 Å². The SMILES string of the molecule is FCCCn1c2ccccc2c2cc(-n3cncn3)ccc21.FCCCn1c2ccccc2c2cc(I)ccc21.Ic1ccc2[nH]c3ccccc3c2c1.c1ccc2c(c1)[nH]c1ccccc12. The molecule has 0 radical (unpaired) electrons. The van der Waals surface area contributed by atoms with E-state index in [9.17, 15) is 8.78 Å². The molecular weight excluding hydrogens is 1060 g/mol. The van der Waals surface area contributed by atoms with E-state index < -0.39 is 0 Å². The van der Waals surface area contributed by atoms with Gasteiger partial charge >= 0.3 is 0 Å². The highest BCUT2D eigenvalue weighted by atomic mass is 127. The van der Waals surface area contributed by atoms with E-state index in [2.05, 4.69) is 226 Å². The molecule has 7 nitrogen and oxygen atoms in total. The van der Waals surface area contributed by atoms with Crippen molar-refractivity contribution in [3.05, 3.63) is 196 Å². The Balaban J connectivity index is 0.000000107. The monoisotopic (exact) mass is 1110 g/mol. The fourth-order valence-electron chi connectivity index (χ4n) is 9.09. The number of aromatic nitrogens is 7. The molecule has 13 aromatic rings. The van der Waals surface area contributed by atoms with E-state index in [1.165, 1.54) is 84.3 Å². The van der Waals surface area contributed by atoms with Crippen LogP contribution in [0.15, 0.2) is 189 Å². The lowest BCUT2D eigenvalue weighted by Gasteiger charge is -2.06. The molecule has 5 heterocycles. The highest BCUT2D eigenvalue weighted by Gasteiger charge is 2.13. The summed E-state index contributed by atoms with van der Waals surface area (Å²) in [5.74, 6) is 0. The molecule has 0 spiro atoms. The van der Waals surface area contributed by atoms with Crippen LogP contribution in [-0.4, -0.2) is 47.2 Å². The number of rotatable bonds is 7. The molecule has 5 aromatic heterocycles. The second-order valence-corrected chi connectivity index (χ2v) is 18.7. The summed E-state index contributed by atoms with van der Waals surface area (Å²) in [7, 11) is 0. The zero-order valence-electron chi connectivity index (χ0n) is 36.4. The van der Waals surface area contributed by atoms with Crippen molar-refractivity contribution >= 4 is 132 Å². The fourth-order valence-corrected chi connectivity index (χ4v) is 10.1. The predicted molar refractivity (Wildman–Crippen MR) is 292 cm³/mol. The molecule has 0 fully saturated rings. The molecule has 332 valence electrons. The lowest BCUT2D eigenvalue weighted by molar-refractivity contribution is 0.452. The molecule has 2 N–H and O–H groups in total. The third kappa shape index (κ3) is 9.14. The molecule has 67 heavy (non-hydrogen) atoms. The Morgan fingerprint density at radius 3 is 1.36 bits per heavy atom. The summed E-state index contributed by atoms with van der Waals surface area (Å²) in [6.07, 6.45) is 4.30. The van der Waals surface area contributed by atoms with Crippen LogP contribution in [0.1, 0.15) is 12.8 Å². The first-order valence-electron chi connectivity index (χ1n) is 22.2. The quantitative estimate of drug-likeness (QED) is 0.156. The molecule has 11 heteroatoms. The summed E-state index contributed by atoms with van der Waals surface area (Å²) in [4.78, 5) is 10.8. The van der Waals surface area contributed by atoms with Gasteiger partial charge in [-0.2, -0.15) is 5.10 Å². The predicted octanol–water partition coefficient (Wildman–Crippen LogP) is 15.7. The molecule has 0 amide bonds. The summed E-state index contributed by atoms with van der Waals surface area (Å²) < 4.78 is 33.7.